The van der Waals surface area contributed by atoms with Crippen molar-refractivity contribution in [2.45, 2.75) is 18.8 Å². The maximum absolute atomic E-state index is 12.9. The highest BCUT2D eigenvalue weighted by molar-refractivity contribution is 7.10. The van der Waals surface area contributed by atoms with Crippen LogP contribution in [-0.4, -0.2) is 11.8 Å². The van der Waals surface area contributed by atoms with Gasteiger partial charge in [-0.25, -0.2) is 0 Å². The molecule has 2 amide bonds. The van der Waals surface area contributed by atoms with Crippen LogP contribution in [0.5, 0.6) is 0 Å². The van der Waals surface area contributed by atoms with E-state index in [1.807, 2.05) is 30.3 Å². The zero-order valence-electron chi connectivity index (χ0n) is 15.1. The molecule has 29 heavy (non-hydrogen) atoms. The van der Waals surface area contributed by atoms with E-state index in [0.717, 1.165) is 23.8 Å². The number of amides is 2. The van der Waals surface area contributed by atoms with E-state index < -0.39 is 29.6 Å². The van der Waals surface area contributed by atoms with Crippen LogP contribution in [-0.2, 0) is 17.5 Å². The Bertz CT molecular complexity index is 973. The quantitative estimate of drug-likeness (QED) is 0.617. The van der Waals surface area contributed by atoms with Crippen molar-refractivity contribution in [3.8, 4) is 0 Å². The molecule has 1 unspecified atom stereocenters. The fourth-order valence-corrected chi connectivity index (χ4v) is 3.43. The Kier molecular flexibility index (Phi) is 6.33. The number of benzene rings is 2. The Morgan fingerprint density at radius 1 is 0.966 bits per heavy atom. The molecule has 3 aromatic rings. The number of alkyl halides is 3. The molecule has 0 saturated heterocycles. The normalized spacial score (nSPS) is 12.2. The second-order valence-electron chi connectivity index (χ2n) is 6.20. The first-order valence-corrected chi connectivity index (χ1v) is 9.56. The maximum Gasteiger partial charge on any atom is 0.416 e. The molecule has 0 fully saturated rings. The molecule has 0 bridgehead atoms. The second-order valence-corrected chi connectivity index (χ2v) is 7.18. The molecule has 0 radical (unpaired) electrons. The standard InChI is InChI=1S/C21H17F3N2O2S/c22-21(23,24)16-9-4-8-15(12-16)19(27)26-18(17-10-5-11-29-17)20(28)25-13-14-6-2-1-3-7-14/h1-12,18H,13H2,(H,25,28)(H,26,27). The van der Waals surface area contributed by atoms with Crippen LogP contribution >= 0.6 is 11.3 Å². The van der Waals surface area contributed by atoms with Gasteiger partial charge >= 0.3 is 6.18 Å². The summed E-state index contributed by atoms with van der Waals surface area (Å²) in [7, 11) is 0. The van der Waals surface area contributed by atoms with Crippen LogP contribution in [0.25, 0.3) is 0 Å². The van der Waals surface area contributed by atoms with Gasteiger partial charge < -0.3 is 10.6 Å². The highest BCUT2D eigenvalue weighted by Crippen LogP contribution is 2.29. The lowest BCUT2D eigenvalue weighted by molar-refractivity contribution is -0.137. The van der Waals surface area contributed by atoms with Gasteiger partial charge in [0.2, 0.25) is 5.91 Å². The summed E-state index contributed by atoms with van der Waals surface area (Å²) in [5, 5.41) is 7.05. The number of carbonyl (C=O) groups excluding carboxylic acids is 2. The first-order chi connectivity index (χ1) is 13.8. The van der Waals surface area contributed by atoms with Crippen LogP contribution in [0.1, 0.15) is 32.4 Å². The SMILES string of the molecule is O=C(NC(C(=O)NCc1ccccc1)c1cccs1)c1cccc(C(F)(F)F)c1. The average Bonchev–Trinajstić information content (AvgIpc) is 3.25. The van der Waals surface area contributed by atoms with Crippen molar-refractivity contribution >= 4 is 23.2 Å². The molecular formula is C21H17F3N2O2S. The van der Waals surface area contributed by atoms with Crippen molar-refractivity contribution in [1.29, 1.82) is 0 Å². The Hall–Kier alpha value is -3.13. The van der Waals surface area contributed by atoms with E-state index in [0.29, 0.717) is 4.88 Å². The van der Waals surface area contributed by atoms with Gasteiger partial charge in [-0.1, -0.05) is 42.5 Å². The van der Waals surface area contributed by atoms with Crippen molar-refractivity contribution in [2.75, 3.05) is 0 Å². The van der Waals surface area contributed by atoms with Crippen molar-refractivity contribution in [3.63, 3.8) is 0 Å². The molecule has 2 N–H and O–H groups in total. The van der Waals surface area contributed by atoms with E-state index in [-0.39, 0.29) is 12.1 Å². The molecule has 150 valence electrons. The summed E-state index contributed by atoms with van der Waals surface area (Å²) < 4.78 is 38.7. The molecule has 8 heteroatoms. The number of hydrogen-bond donors (Lipinski definition) is 2. The van der Waals surface area contributed by atoms with Gasteiger partial charge in [-0.2, -0.15) is 13.2 Å². The van der Waals surface area contributed by atoms with Crippen LogP contribution < -0.4 is 10.6 Å². The van der Waals surface area contributed by atoms with Crippen LogP contribution in [0.4, 0.5) is 13.2 Å². The molecule has 0 aliphatic rings. The van der Waals surface area contributed by atoms with Gasteiger partial charge in [-0.15, -0.1) is 11.3 Å². The topological polar surface area (TPSA) is 58.2 Å². The molecule has 1 aromatic heterocycles. The van der Waals surface area contributed by atoms with Crippen LogP contribution in [0.15, 0.2) is 72.1 Å². The number of thiophene rings is 1. The summed E-state index contributed by atoms with van der Waals surface area (Å²) in [6, 6.07) is 15.7. The molecule has 3 rings (SSSR count). The van der Waals surface area contributed by atoms with Gasteiger partial charge in [0.1, 0.15) is 6.04 Å². The molecule has 0 aliphatic carbocycles. The molecule has 4 nitrogen and oxygen atoms in total. The summed E-state index contributed by atoms with van der Waals surface area (Å²) in [5.41, 5.74) is -0.210. The minimum Gasteiger partial charge on any atom is -0.350 e. The Morgan fingerprint density at radius 3 is 2.38 bits per heavy atom. The number of nitrogens with one attached hydrogen (secondary N) is 2. The smallest absolute Gasteiger partial charge is 0.350 e. The maximum atomic E-state index is 12.9. The molecule has 1 atom stereocenters. The lowest BCUT2D eigenvalue weighted by Crippen LogP contribution is -2.39. The minimum atomic E-state index is -4.56. The predicted molar refractivity (Wildman–Crippen MR) is 104 cm³/mol. The van der Waals surface area contributed by atoms with E-state index in [1.54, 1.807) is 17.5 Å². The lowest BCUT2D eigenvalue weighted by Gasteiger charge is -2.18. The van der Waals surface area contributed by atoms with Crippen LogP contribution in [0.2, 0.25) is 0 Å². The minimum absolute atomic E-state index is 0.169. The molecular weight excluding hydrogens is 401 g/mol. The van der Waals surface area contributed by atoms with Gasteiger partial charge in [0.05, 0.1) is 5.56 Å². The van der Waals surface area contributed by atoms with Crippen molar-refractivity contribution in [1.82, 2.24) is 10.6 Å². The van der Waals surface area contributed by atoms with Gasteiger partial charge in [0, 0.05) is 17.0 Å². The molecule has 0 spiro atoms. The second kappa shape index (κ2) is 8.91. The molecule has 2 aromatic carbocycles. The Labute approximate surface area is 169 Å². The number of hydrogen-bond acceptors (Lipinski definition) is 3. The van der Waals surface area contributed by atoms with Gasteiger partial charge in [0.15, 0.2) is 0 Å². The number of carbonyl (C=O) groups is 2. The fourth-order valence-electron chi connectivity index (χ4n) is 2.66. The summed E-state index contributed by atoms with van der Waals surface area (Å²) in [6.45, 7) is 0.265. The van der Waals surface area contributed by atoms with Crippen molar-refractivity contribution in [3.05, 3.63) is 93.7 Å². The van der Waals surface area contributed by atoms with E-state index >= 15 is 0 Å². The summed E-state index contributed by atoms with van der Waals surface area (Å²) in [6.07, 6.45) is -4.56. The third-order valence-corrected chi connectivity index (χ3v) is 5.06. The zero-order valence-corrected chi connectivity index (χ0v) is 15.9. The van der Waals surface area contributed by atoms with Crippen molar-refractivity contribution < 1.29 is 22.8 Å². The predicted octanol–water partition coefficient (Wildman–Crippen LogP) is 4.55. The third-order valence-electron chi connectivity index (χ3n) is 4.13. The zero-order chi connectivity index (χ0) is 20.9. The van der Waals surface area contributed by atoms with Gasteiger partial charge in [-0.05, 0) is 35.2 Å². The molecule has 1 heterocycles. The highest BCUT2D eigenvalue weighted by Gasteiger charge is 2.31. The first kappa shape index (κ1) is 20.6. The van der Waals surface area contributed by atoms with Gasteiger partial charge in [0.25, 0.3) is 5.91 Å². The monoisotopic (exact) mass is 418 g/mol. The van der Waals surface area contributed by atoms with E-state index in [4.69, 9.17) is 0 Å². The third kappa shape index (κ3) is 5.45. The highest BCUT2D eigenvalue weighted by atomic mass is 32.1. The lowest BCUT2D eigenvalue weighted by atomic mass is 10.1. The van der Waals surface area contributed by atoms with Crippen LogP contribution in [0, 0.1) is 0 Å². The molecule has 0 aliphatic heterocycles. The largest absolute Gasteiger partial charge is 0.416 e. The summed E-state index contributed by atoms with van der Waals surface area (Å²) in [5.74, 6) is -1.21. The Balaban J connectivity index is 1.76. The average molecular weight is 418 g/mol. The van der Waals surface area contributed by atoms with Gasteiger partial charge in [-0.3, -0.25) is 9.59 Å². The fraction of sp³-hybridized carbons (Fsp3) is 0.143. The van der Waals surface area contributed by atoms with E-state index in [2.05, 4.69) is 10.6 Å². The number of rotatable bonds is 6. The Morgan fingerprint density at radius 2 is 1.72 bits per heavy atom. The number of halogens is 3. The first-order valence-electron chi connectivity index (χ1n) is 8.68. The van der Waals surface area contributed by atoms with E-state index in [9.17, 15) is 22.8 Å². The van der Waals surface area contributed by atoms with Crippen molar-refractivity contribution in [2.24, 2.45) is 0 Å². The van der Waals surface area contributed by atoms with E-state index in [1.165, 1.54) is 17.4 Å². The summed E-state index contributed by atoms with van der Waals surface area (Å²) in [4.78, 5) is 25.8. The summed E-state index contributed by atoms with van der Waals surface area (Å²) >= 11 is 1.27. The molecule has 0 saturated carbocycles. The van der Waals surface area contributed by atoms with Crippen LogP contribution in [0.3, 0.4) is 0 Å².